The second-order valence-electron chi connectivity index (χ2n) is 2.39. The standard InChI is InChI=1S/C9H11NO3/c1-12-7-2-4-8(5-3-7)13-6-9(10)11/h2-5H,6H2,1H3,(H2,10,11)/p-1. The Morgan fingerprint density at radius 2 is 1.85 bits per heavy atom. The van der Waals surface area contributed by atoms with Gasteiger partial charge in [-0.15, -0.1) is 0 Å². The van der Waals surface area contributed by atoms with E-state index in [1.807, 2.05) is 0 Å². The molecule has 0 aliphatic rings. The smallest absolute Gasteiger partial charge is 0.120 e. The maximum atomic E-state index is 10.3. The molecule has 0 radical (unpaired) electrons. The zero-order chi connectivity index (χ0) is 9.68. The molecule has 4 heteroatoms. The van der Waals surface area contributed by atoms with Crippen LogP contribution in [0.3, 0.4) is 0 Å². The molecule has 1 rings (SSSR count). The molecule has 0 spiro atoms. The van der Waals surface area contributed by atoms with Gasteiger partial charge in [-0.2, -0.15) is 0 Å². The lowest BCUT2D eigenvalue weighted by molar-refractivity contribution is -0.222. The van der Waals surface area contributed by atoms with Gasteiger partial charge in [-0.1, -0.05) is 0 Å². The number of rotatable bonds is 4. The van der Waals surface area contributed by atoms with Crippen molar-refractivity contribution in [2.45, 2.75) is 0 Å². The van der Waals surface area contributed by atoms with Crippen molar-refractivity contribution in [3.05, 3.63) is 24.3 Å². The fourth-order valence-electron chi connectivity index (χ4n) is 0.821. The van der Waals surface area contributed by atoms with Gasteiger partial charge in [0.05, 0.1) is 7.11 Å². The minimum Gasteiger partial charge on any atom is -0.860 e. The zero-order valence-corrected chi connectivity index (χ0v) is 7.24. The van der Waals surface area contributed by atoms with E-state index in [9.17, 15) is 5.11 Å². The summed E-state index contributed by atoms with van der Waals surface area (Å²) in [4.78, 5) is 0. The van der Waals surface area contributed by atoms with Crippen molar-refractivity contribution in [1.82, 2.24) is 0 Å². The van der Waals surface area contributed by atoms with Crippen molar-refractivity contribution in [3.8, 4) is 11.5 Å². The third kappa shape index (κ3) is 3.02. The second kappa shape index (κ2) is 4.35. The lowest BCUT2D eigenvalue weighted by Gasteiger charge is -2.09. The summed E-state index contributed by atoms with van der Waals surface area (Å²) in [6.45, 7) is -0.216. The van der Waals surface area contributed by atoms with Gasteiger partial charge >= 0.3 is 0 Å². The van der Waals surface area contributed by atoms with Gasteiger partial charge in [0.15, 0.2) is 0 Å². The Morgan fingerprint density at radius 1 is 1.31 bits per heavy atom. The topological polar surface area (TPSA) is 65.4 Å². The van der Waals surface area contributed by atoms with Crippen LogP contribution in [0, 0.1) is 5.41 Å². The van der Waals surface area contributed by atoms with Crippen molar-refractivity contribution < 1.29 is 14.6 Å². The Kier molecular flexibility index (Phi) is 3.14. The van der Waals surface area contributed by atoms with Crippen LogP contribution in [0.4, 0.5) is 0 Å². The van der Waals surface area contributed by atoms with E-state index in [4.69, 9.17) is 14.9 Å². The van der Waals surface area contributed by atoms with E-state index in [0.29, 0.717) is 5.75 Å². The minimum atomic E-state index is -0.740. The van der Waals surface area contributed by atoms with E-state index < -0.39 is 5.90 Å². The summed E-state index contributed by atoms with van der Waals surface area (Å²) in [5, 5.41) is 16.9. The molecule has 4 nitrogen and oxygen atoms in total. The van der Waals surface area contributed by atoms with Crippen molar-refractivity contribution >= 4 is 5.90 Å². The molecule has 0 fully saturated rings. The van der Waals surface area contributed by atoms with Crippen molar-refractivity contribution in [2.24, 2.45) is 0 Å². The first kappa shape index (κ1) is 9.38. The van der Waals surface area contributed by atoms with Crippen LogP contribution in [0.5, 0.6) is 11.5 Å². The van der Waals surface area contributed by atoms with Crippen LogP contribution < -0.4 is 14.6 Å². The molecule has 0 aliphatic carbocycles. The third-order valence-electron chi connectivity index (χ3n) is 1.43. The largest absolute Gasteiger partial charge is 0.860 e. The highest BCUT2D eigenvalue weighted by molar-refractivity contribution is 5.69. The van der Waals surface area contributed by atoms with Gasteiger partial charge < -0.3 is 20.0 Å². The monoisotopic (exact) mass is 180 g/mol. The predicted molar refractivity (Wildman–Crippen MR) is 46.2 cm³/mol. The molecule has 13 heavy (non-hydrogen) atoms. The van der Waals surface area contributed by atoms with E-state index in [1.54, 1.807) is 31.4 Å². The summed E-state index contributed by atoms with van der Waals surface area (Å²) in [5.41, 5.74) is 0. The fourth-order valence-corrected chi connectivity index (χ4v) is 0.821. The van der Waals surface area contributed by atoms with Gasteiger partial charge in [-0.25, -0.2) is 0 Å². The molecule has 0 atom stereocenters. The molecule has 0 amide bonds. The summed E-state index contributed by atoms with van der Waals surface area (Å²) >= 11 is 0. The molecule has 0 aromatic heterocycles. The predicted octanol–water partition coefficient (Wildman–Crippen LogP) is 0.412. The molecule has 0 saturated carbocycles. The van der Waals surface area contributed by atoms with Crippen LogP contribution in [-0.2, 0) is 0 Å². The first-order chi connectivity index (χ1) is 6.22. The molecule has 0 heterocycles. The van der Waals surface area contributed by atoms with Crippen molar-refractivity contribution in [1.29, 1.82) is 5.41 Å². The van der Waals surface area contributed by atoms with Gasteiger partial charge in [0.1, 0.15) is 18.1 Å². The summed E-state index contributed by atoms with van der Waals surface area (Å²) in [6, 6.07) is 6.82. The molecule has 0 aliphatic heterocycles. The second-order valence-corrected chi connectivity index (χ2v) is 2.39. The number of hydrogen-bond acceptors (Lipinski definition) is 4. The molecular weight excluding hydrogens is 170 g/mol. The summed E-state index contributed by atoms with van der Waals surface area (Å²) in [6.07, 6.45) is 0. The zero-order valence-electron chi connectivity index (χ0n) is 7.24. The Bertz CT molecular complexity index is 281. The molecular formula is C9H10NO3-. The quantitative estimate of drug-likeness (QED) is 0.539. The Morgan fingerprint density at radius 3 is 2.31 bits per heavy atom. The van der Waals surface area contributed by atoms with Crippen LogP contribution in [0.25, 0.3) is 0 Å². The molecule has 0 saturated heterocycles. The van der Waals surface area contributed by atoms with Crippen LogP contribution >= 0.6 is 0 Å². The Labute approximate surface area is 76.2 Å². The highest BCUT2D eigenvalue weighted by Crippen LogP contribution is 2.16. The number of hydrogen-bond donors (Lipinski definition) is 1. The average Bonchev–Trinajstić information content (AvgIpc) is 2.15. The van der Waals surface area contributed by atoms with Gasteiger partial charge in [0.2, 0.25) is 0 Å². The highest BCUT2D eigenvalue weighted by Gasteiger charge is 1.93. The summed E-state index contributed by atoms with van der Waals surface area (Å²) in [7, 11) is 1.57. The van der Waals surface area contributed by atoms with Crippen molar-refractivity contribution in [3.63, 3.8) is 0 Å². The van der Waals surface area contributed by atoms with Gasteiger partial charge in [-0.3, -0.25) is 0 Å². The van der Waals surface area contributed by atoms with Crippen LogP contribution in [-0.4, -0.2) is 19.6 Å². The Hall–Kier alpha value is -1.71. The molecule has 0 bridgehead atoms. The van der Waals surface area contributed by atoms with E-state index in [0.717, 1.165) is 5.75 Å². The van der Waals surface area contributed by atoms with Crippen LogP contribution in [0.2, 0.25) is 0 Å². The lowest BCUT2D eigenvalue weighted by atomic mass is 10.3. The van der Waals surface area contributed by atoms with Crippen molar-refractivity contribution in [2.75, 3.05) is 13.7 Å². The number of nitrogens with one attached hydrogen (secondary N) is 1. The first-order valence-corrected chi connectivity index (χ1v) is 3.73. The maximum Gasteiger partial charge on any atom is 0.120 e. The van der Waals surface area contributed by atoms with E-state index in [-0.39, 0.29) is 6.61 Å². The highest BCUT2D eigenvalue weighted by atomic mass is 16.5. The molecule has 1 aromatic rings. The normalized spacial score (nSPS) is 9.31. The molecule has 1 N–H and O–H groups in total. The van der Waals surface area contributed by atoms with Crippen LogP contribution in [0.15, 0.2) is 24.3 Å². The lowest BCUT2D eigenvalue weighted by Crippen LogP contribution is -2.23. The summed E-state index contributed by atoms with van der Waals surface area (Å²) in [5.74, 6) is 0.543. The average molecular weight is 180 g/mol. The van der Waals surface area contributed by atoms with Gasteiger partial charge in [0.25, 0.3) is 0 Å². The maximum absolute atomic E-state index is 10.3. The Balaban J connectivity index is 2.54. The van der Waals surface area contributed by atoms with E-state index >= 15 is 0 Å². The number of benzene rings is 1. The minimum absolute atomic E-state index is 0.216. The number of ether oxygens (including phenoxy) is 2. The third-order valence-corrected chi connectivity index (χ3v) is 1.43. The summed E-state index contributed by atoms with van der Waals surface area (Å²) < 4.78 is 9.91. The van der Waals surface area contributed by atoms with E-state index in [1.165, 1.54) is 0 Å². The van der Waals surface area contributed by atoms with E-state index in [2.05, 4.69) is 0 Å². The fraction of sp³-hybridized carbons (Fsp3) is 0.222. The van der Waals surface area contributed by atoms with Gasteiger partial charge in [0, 0.05) is 0 Å². The SMILES string of the molecule is COc1ccc(OCC(=N)[O-])cc1. The molecule has 1 aromatic carbocycles. The van der Waals surface area contributed by atoms with Crippen LogP contribution in [0.1, 0.15) is 0 Å². The molecule has 0 unspecified atom stereocenters. The molecule has 70 valence electrons. The number of methoxy groups -OCH3 is 1. The first-order valence-electron chi connectivity index (χ1n) is 3.73. The van der Waals surface area contributed by atoms with Gasteiger partial charge in [-0.05, 0) is 30.2 Å².